The summed E-state index contributed by atoms with van der Waals surface area (Å²) in [6.45, 7) is 4.04. The summed E-state index contributed by atoms with van der Waals surface area (Å²) in [5.41, 5.74) is 1.47. The first-order chi connectivity index (χ1) is 11.4. The van der Waals surface area contributed by atoms with E-state index in [-0.39, 0.29) is 10.8 Å². The molecular formula is C17H20N2O4S. The summed E-state index contributed by atoms with van der Waals surface area (Å²) in [6, 6.07) is 11.0. The van der Waals surface area contributed by atoms with Gasteiger partial charge in [-0.05, 0) is 55.8 Å². The van der Waals surface area contributed by atoms with Crippen LogP contribution in [0.4, 0.5) is 5.69 Å². The molecule has 2 rings (SSSR count). The summed E-state index contributed by atoms with van der Waals surface area (Å²) in [6.07, 6.45) is 0. The van der Waals surface area contributed by atoms with Crippen LogP contribution in [-0.2, 0) is 10.0 Å². The molecule has 128 valence electrons. The highest BCUT2D eigenvalue weighted by atomic mass is 32.2. The molecule has 0 atom stereocenters. The summed E-state index contributed by atoms with van der Waals surface area (Å²) in [7, 11) is -2.26. The Morgan fingerprint density at radius 3 is 2.38 bits per heavy atom. The third kappa shape index (κ3) is 4.05. The molecule has 0 aliphatic rings. The standard InChI is InChI=1S/C17H20N2O4S/c1-4-18-17(20)16-11-15(10-5-12(16)2)24(21,22)19-13-6-8-14(23-3)9-7-13/h5-11,19H,4H2,1-3H3,(H,18,20). The Labute approximate surface area is 141 Å². The fraction of sp³-hybridized carbons (Fsp3) is 0.235. The van der Waals surface area contributed by atoms with Crippen LogP contribution in [0.5, 0.6) is 5.75 Å². The molecule has 0 saturated heterocycles. The molecule has 24 heavy (non-hydrogen) atoms. The number of benzene rings is 2. The number of ether oxygens (including phenoxy) is 1. The van der Waals surface area contributed by atoms with E-state index in [0.717, 1.165) is 0 Å². The van der Waals surface area contributed by atoms with Gasteiger partial charge < -0.3 is 10.1 Å². The summed E-state index contributed by atoms with van der Waals surface area (Å²) in [5, 5.41) is 2.68. The van der Waals surface area contributed by atoms with E-state index in [1.54, 1.807) is 44.2 Å². The summed E-state index contributed by atoms with van der Waals surface area (Å²) in [4.78, 5) is 12.1. The van der Waals surface area contributed by atoms with Crippen molar-refractivity contribution in [3.05, 3.63) is 53.6 Å². The Hall–Kier alpha value is -2.54. The molecule has 0 heterocycles. The molecule has 0 unspecified atom stereocenters. The monoisotopic (exact) mass is 348 g/mol. The molecule has 0 aromatic heterocycles. The van der Waals surface area contributed by atoms with E-state index in [4.69, 9.17) is 4.74 Å². The number of nitrogens with one attached hydrogen (secondary N) is 2. The van der Waals surface area contributed by atoms with Crippen LogP contribution in [0, 0.1) is 6.92 Å². The van der Waals surface area contributed by atoms with Gasteiger partial charge in [-0.15, -0.1) is 0 Å². The lowest BCUT2D eigenvalue weighted by molar-refractivity contribution is 0.0955. The molecule has 0 saturated carbocycles. The second kappa shape index (κ2) is 7.35. The van der Waals surface area contributed by atoms with Crippen molar-refractivity contribution < 1.29 is 17.9 Å². The van der Waals surface area contributed by atoms with Crippen LogP contribution in [0.1, 0.15) is 22.8 Å². The van der Waals surface area contributed by atoms with E-state index in [0.29, 0.717) is 29.1 Å². The van der Waals surface area contributed by atoms with E-state index in [1.807, 2.05) is 0 Å². The highest BCUT2D eigenvalue weighted by Crippen LogP contribution is 2.21. The maximum absolute atomic E-state index is 12.5. The second-order valence-corrected chi connectivity index (χ2v) is 6.85. The van der Waals surface area contributed by atoms with Crippen molar-refractivity contribution >= 4 is 21.6 Å². The molecule has 0 aliphatic heterocycles. The van der Waals surface area contributed by atoms with Crippen LogP contribution in [0.25, 0.3) is 0 Å². The fourth-order valence-electron chi connectivity index (χ4n) is 2.14. The number of aryl methyl sites for hydroxylation is 1. The number of sulfonamides is 1. The highest BCUT2D eigenvalue weighted by Gasteiger charge is 2.18. The highest BCUT2D eigenvalue weighted by molar-refractivity contribution is 7.92. The summed E-state index contributed by atoms with van der Waals surface area (Å²) >= 11 is 0. The fourth-order valence-corrected chi connectivity index (χ4v) is 3.23. The molecule has 1 amide bonds. The summed E-state index contributed by atoms with van der Waals surface area (Å²) in [5.74, 6) is 0.336. The number of methoxy groups -OCH3 is 1. The lowest BCUT2D eigenvalue weighted by Crippen LogP contribution is -2.24. The zero-order valence-electron chi connectivity index (χ0n) is 13.8. The molecular weight excluding hydrogens is 328 g/mol. The number of carbonyl (C=O) groups excluding carboxylic acids is 1. The van der Waals surface area contributed by atoms with Gasteiger partial charge >= 0.3 is 0 Å². The third-order valence-corrected chi connectivity index (χ3v) is 4.82. The van der Waals surface area contributed by atoms with Gasteiger partial charge in [-0.1, -0.05) is 6.07 Å². The van der Waals surface area contributed by atoms with Gasteiger partial charge in [0.15, 0.2) is 0 Å². The predicted molar refractivity (Wildman–Crippen MR) is 93.0 cm³/mol. The van der Waals surface area contributed by atoms with Gasteiger partial charge in [0.1, 0.15) is 5.75 Å². The molecule has 2 aromatic carbocycles. The van der Waals surface area contributed by atoms with Crippen LogP contribution in [0.3, 0.4) is 0 Å². The Bertz CT molecular complexity index is 830. The van der Waals surface area contributed by atoms with E-state index in [1.165, 1.54) is 19.2 Å². The average molecular weight is 348 g/mol. The largest absolute Gasteiger partial charge is 0.497 e. The number of carbonyl (C=O) groups is 1. The van der Waals surface area contributed by atoms with Crippen molar-refractivity contribution in [3.63, 3.8) is 0 Å². The lowest BCUT2D eigenvalue weighted by Gasteiger charge is -2.11. The number of rotatable bonds is 6. The normalized spacial score (nSPS) is 11.0. The van der Waals surface area contributed by atoms with Gasteiger partial charge in [-0.25, -0.2) is 8.42 Å². The Morgan fingerprint density at radius 1 is 1.12 bits per heavy atom. The zero-order chi connectivity index (χ0) is 17.7. The van der Waals surface area contributed by atoms with Crippen LogP contribution in [0.2, 0.25) is 0 Å². The van der Waals surface area contributed by atoms with E-state index in [2.05, 4.69) is 10.0 Å². The Balaban J connectivity index is 2.31. The van der Waals surface area contributed by atoms with Crippen LogP contribution in [-0.4, -0.2) is 28.0 Å². The lowest BCUT2D eigenvalue weighted by atomic mass is 10.1. The smallest absolute Gasteiger partial charge is 0.261 e. The van der Waals surface area contributed by atoms with Crippen molar-refractivity contribution in [2.24, 2.45) is 0 Å². The minimum atomic E-state index is -3.79. The maximum atomic E-state index is 12.5. The van der Waals surface area contributed by atoms with Crippen molar-refractivity contribution in [1.82, 2.24) is 5.32 Å². The number of anilines is 1. The van der Waals surface area contributed by atoms with Gasteiger partial charge in [0.25, 0.3) is 15.9 Å². The van der Waals surface area contributed by atoms with Gasteiger partial charge in [0.05, 0.1) is 12.0 Å². The zero-order valence-corrected chi connectivity index (χ0v) is 14.6. The Morgan fingerprint density at radius 2 is 1.79 bits per heavy atom. The first-order valence-electron chi connectivity index (χ1n) is 7.43. The van der Waals surface area contributed by atoms with Crippen molar-refractivity contribution in [2.75, 3.05) is 18.4 Å². The van der Waals surface area contributed by atoms with Gasteiger partial charge in [0, 0.05) is 17.8 Å². The molecule has 0 spiro atoms. The van der Waals surface area contributed by atoms with Gasteiger partial charge in [0.2, 0.25) is 0 Å². The molecule has 6 nitrogen and oxygen atoms in total. The first kappa shape index (κ1) is 17.8. The number of hydrogen-bond donors (Lipinski definition) is 2. The number of amides is 1. The van der Waals surface area contributed by atoms with E-state index < -0.39 is 10.0 Å². The second-order valence-electron chi connectivity index (χ2n) is 5.17. The summed E-state index contributed by atoms with van der Waals surface area (Å²) < 4.78 is 32.6. The Kier molecular flexibility index (Phi) is 5.46. The van der Waals surface area contributed by atoms with Crippen molar-refractivity contribution in [3.8, 4) is 5.75 Å². The average Bonchev–Trinajstić information content (AvgIpc) is 2.55. The first-order valence-corrected chi connectivity index (χ1v) is 8.91. The minimum Gasteiger partial charge on any atom is -0.497 e. The SMILES string of the molecule is CCNC(=O)c1cc(S(=O)(=O)Nc2ccc(OC)cc2)ccc1C. The molecule has 0 fully saturated rings. The van der Waals surface area contributed by atoms with Gasteiger partial charge in [-0.3, -0.25) is 9.52 Å². The van der Waals surface area contributed by atoms with Crippen molar-refractivity contribution in [1.29, 1.82) is 0 Å². The van der Waals surface area contributed by atoms with Crippen LogP contribution < -0.4 is 14.8 Å². The molecule has 0 radical (unpaired) electrons. The molecule has 2 N–H and O–H groups in total. The molecule has 0 bridgehead atoms. The molecule has 7 heteroatoms. The van der Waals surface area contributed by atoms with Crippen molar-refractivity contribution in [2.45, 2.75) is 18.7 Å². The van der Waals surface area contributed by atoms with E-state index in [9.17, 15) is 13.2 Å². The molecule has 2 aromatic rings. The van der Waals surface area contributed by atoms with E-state index >= 15 is 0 Å². The maximum Gasteiger partial charge on any atom is 0.261 e. The van der Waals surface area contributed by atoms with Crippen LogP contribution in [0.15, 0.2) is 47.4 Å². The predicted octanol–water partition coefficient (Wildman–Crippen LogP) is 2.55. The third-order valence-electron chi connectivity index (χ3n) is 3.44. The minimum absolute atomic E-state index is 0.0326. The topological polar surface area (TPSA) is 84.5 Å². The quantitative estimate of drug-likeness (QED) is 0.840. The number of hydrogen-bond acceptors (Lipinski definition) is 4. The van der Waals surface area contributed by atoms with Crippen LogP contribution >= 0.6 is 0 Å². The molecule has 0 aliphatic carbocycles. The van der Waals surface area contributed by atoms with Gasteiger partial charge in [-0.2, -0.15) is 0 Å².